The van der Waals surface area contributed by atoms with Gasteiger partial charge in [-0.25, -0.2) is 0 Å². The minimum Gasteiger partial charge on any atom is -0.494 e. The Balaban J connectivity index is 2.11. The fourth-order valence-corrected chi connectivity index (χ4v) is 1.44. The Kier molecular flexibility index (Phi) is 6.54. The average Bonchev–Trinajstić information content (AvgIpc) is 2.36. The second kappa shape index (κ2) is 8.28. The molecule has 0 heterocycles. The Bertz CT molecular complexity index is 373. The molecule has 0 aliphatic rings. The molecule has 0 amide bonds. The molecule has 0 unspecified atom stereocenters. The smallest absolute Gasteiger partial charge is 0.313 e. The lowest BCUT2D eigenvalue weighted by atomic mass is 10.2. The Hall–Kier alpha value is -1.84. The molecule has 0 fully saturated rings. The predicted molar refractivity (Wildman–Crippen MR) is 67.4 cm³/mol. The summed E-state index contributed by atoms with van der Waals surface area (Å²) in [5, 5.41) is 0. The van der Waals surface area contributed by atoms with E-state index < -0.39 is 5.97 Å². The third kappa shape index (κ3) is 6.03. The van der Waals surface area contributed by atoms with Gasteiger partial charge in [-0.2, -0.15) is 0 Å². The molecular weight excluding hydrogens is 232 g/mol. The number of hydrogen-bond acceptors (Lipinski definition) is 4. The number of carbonyl (C=O) groups is 2. The van der Waals surface area contributed by atoms with Crippen LogP contribution in [0.15, 0.2) is 30.3 Å². The van der Waals surface area contributed by atoms with Gasteiger partial charge in [0.15, 0.2) is 0 Å². The van der Waals surface area contributed by atoms with Crippen LogP contribution in [-0.4, -0.2) is 25.0 Å². The van der Waals surface area contributed by atoms with E-state index in [0.717, 1.165) is 5.75 Å². The SMILES string of the molecule is CCOC(=O)CC(=O)CCCOc1ccccc1. The Morgan fingerprint density at radius 2 is 1.89 bits per heavy atom. The first kappa shape index (κ1) is 14.2. The Morgan fingerprint density at radius 3 is 2.56 bits per heavy atom. The summed E-state index contributed by atoms with van der Waals surface area (Å²) in [4.78, 5) is 22.4. The largest absolute Gasteiger partial charge is 0.494 e. The standard InChI is InChI=1S/C14H18O4/c1-2-17-14(16)11-12(15)7-6-10-18-13-8-4-3-5-9-13/h3-5,8-9H,2,6-7,10-11H2,1H3. The second-order valence-electron chi connectivity index (χ2n) is 3.79. The van der Waals surface area contributed by atoms with E-state index in [1.807, 2.05) is 30.3 Å². The first-order valence-corrected chi connectivity index (χ1v) is 6.07. The third-order valence-electron chi connectivity index (χ3n) is 2.26. The van der Waals surface area contributed by atoms with E-state index in [2.05, 4.69) is 0 Å². The first-order chi connectivity index (χ1) is 8.72. The molecule has 0 aromatic heterocycles. The van der Waals surface area contributed by atoms with Gasteiger partial charge in [-0.15, -0.1) is 0 Å². The van der Waals surface area contributed by atoms with Crippen molar-refractivity contribution in [2.45, 2.75) is 26.2 Å². The molecule has 18 heavy (non-hydrogen) atoms. The molecule has 0 saturated heterocycles. The van der Waals surface area contributed by atoms with Crippen molar-refractivity contribution >= 4 is 11.8 Å². The molecule has 0 bridgehead atoms. The van der Waals surface area contributed by atoms with Crippen LogP contribution in [0.1, 0.15) is 26.2 Å². The Morgan fingerprint density at radius 1 is 1.17 bits per heavy atom. The van der Waals surface area contributed by atoms with Gasteiger partial charge in [0.25, 0.3) is 0 Å². The van der Waals surface area contributed by atoms with Crippen molar-refractivity contribution in [3.63, 3.8) is 0 Å². The van der Waals surface area contributed by atoms with Gasteiger partial charge in [0.1, 0.15) is 18.0 Å². The van der Waals surface area contributed by atoms with E-state index in [1.54, 1.807) is 6.92 Å². The molecule has 0 atom stereocenters. The maximum absolute atomic E-state index is 11.4. The van der Waals surface area contributed by atoms with Crippen molar-refractivity contribution in [2.24, 2.45) is 0 Å². The molecule has 0 radical (unpaired) electrons. The van der Waals surface area contributed by atoms with Crippen LogP contribution < -0.4 is 4.74 Å². The summed E-state index contributed by atoms with van der Waals surface area (Å²) in [6, 6.07) is 9.42. The van der Waals surface area contributed by atoms with Gasteiger partial charge in [-0.1, -0.05) is 18.2 Å². The van der Waals surface area contributed by atoms with E-state index in [9.17, 15) is 9.59 Å². The van der Waals surface area contributed by atoms with Gasteiger partial charge < -0.3 is 9.47 Å². The number of para-hydroxylation sites is 1. The van der Waals surface area contributed by atoms with Crippen LogP contribution in [-0.2, 0) is 14.3 Å². The molecule has 98 valence electrons. The first-order valence-electron chi connectivity index (χ1n) is 6.07. The minimum atomic E-state index is -0.452. The highest BCUT2D eigenvalue weighted by Gasteiger charge is 2.09. The van der Waals surface area contributed by atoms with Gasteiger partial charge in [-0.05, 0) is 25.5 Å². The molecule has 4 nitrogen and oxygen atoms in total. The van der Waals surface area contributed by atoms with Crippen LogP contribution in [0.2, 0.25) is 0 Å². The second-order valence-corrected chi connectivity index (χ2v) is 3.79. The number of esters is 1. The summed E-state index contributed by atoms with van der Waals surface area (Å²) >= 11 is 0. The zero-order chi connectivity index (χ0) is 13.2. The normalized spacial score (nSPS) is 9.83. The van der Waals surface area contributed by atoms with Gasteiger partial charge in [-0.3, -0.25) is 9.59 Å². The summed E-state index contributed by atoms with van der Waals surface area (Å²) in [6.07, 6.45) is 0.804. The molecule has 0 spiro atoms. The lowest BCUT2D eigenvalue weighted by Crippen LogP contribution is -2.12. The quantitative estimate of drug-likeness (QED) is 0.404. The van der Waals surface area contributed by atoms with Crippen LogP contribution in [0.3, 0.4) is 0 Å². The Labute approximate surface area is 107 Å². The van der Waals surface area contributed by atoms with Crippen molar-refractivity contribution in [3.8, 4) is 5.75 Å². The van der Waals surface area contributed by atoms with E-state index in [-0.39, 0.29) is 12.2 Å². The van der Waals surface area contributed by atoms with Crippen molar-refractivity contribution in [1.29, 1.82) is 0 Å². The number of ketones is 1. The van der Waals surface area contributed by atoms with Crippen LogP contribution in [0.25, 0.3) is 0 Å². The van der Waals surface area contributed by atoms with Gasteiger partial charge in [0, 0.05) is 6.42 Å². The maximum atomic E-state index is 11.4. The van der Waals surface area contributed by atoms with Crippen molar-refractivity contribution < 1.29 is 19.1 Å². The van der Waals surface area contributed by atoms with Gasteiger partial charge in [0.2, 0.25) is 0 Å². The molecule has 0 aliphatic heterocycles. The zero-order valence-electron chi connectivity index (χ0n) is 10.6. The van der Waals surface area contributed by atoms with Crippen LogP contribution in [0.5, 0.6) is 5.75 Å². The van der Waals surface area contributed by atoms with E-state index in [4.69, 9.17) is 9.47 Å². The lowest BCUT2D eigenvalue weighted by molar-refractivity contribution is -0.145. The highest BCUT2D eigenvalue weighted by Crippen LogP contribution is 2.09. The number of rotatable bonds is 8. The molecule has 0 N–H and O–H groups in total. The number of ether oxygens (including phenoxy) is 2. The molecule has 1 rings (SSSR count). The number of hydrogen-bond donors (Lipinski definition) is 0. The minimum absolute atomic E-state index is 0.106. The molecule has 1 aromatic carbocycles. The molecule has 4 heteroatoms. The predicted octanol–water partition coefficient (Wildman–Crippen LogP) is 2.37. The van der Waals surface area contributed by atoms with Crippen molar-refractivity contribution in [2.75, 3.05) is 13.2 Å². The molecule has 1 aromatic rings. The van der Waals surface area contributed by atoms with Crippen molar-refractivity contribution in [3.05, 3.63) is 30.3 Å². The fourth-order valence-electron chi connectivity index (χ4n) is 1.44. The molecule has 0 aliphatic carbocycles. The van der Waals surface area contributed by atoms with E-state index in [1.165, 1.54) is 0 Å². The summed E-state index contributed by atoms with van der Waals surface area (Å²) in [7, 11) is 0. The van der Waals surface area contributed by atoms with Gasteiger partial charge >= 0.3 is 5.97 Å². The summed E-state index contributed by atoms with van der Waals surface area (Å²) < 4.78 is 10.1. The number of benzene rings is 1. The summed E-state index contributed by atoms with van der Waals surface area (Å²) in [6.45, 7) is 2.50. The van der Waals surface area contributed by atoms with E-state index >= 15 is 0 Å². The average molecular weight is 250 g/mol. The lowest BCUT2D eigenvalue weighted by Gasteiger charge is -2.05. The fraction of sp³-hybridized carbons (Fsp3) is 0.429. The summed E-state index contributed by atoms with van der Waals surface area (Å²) in [5.74, 6) is 0.229. The highest BCUT2D eigenvalue weighted by atomic mass is 16.5. The number of Topliss-reactive ketones (excluding diaryl/α,β-unsaturated/α-hetero) is 1. The van der Waals surface area contributed by atoms with Crippen LogP contribution in [0, 0.1) is 0 Å². The molecule has 0 saturated carbocycles. The van der Waals surface area contributed by atoms with Crippen molar-refractivity contribution in [1.82, 2.24) is 0 Å². The molecular formula is C14H18O4. The monoisotopic (exact) mass is 250 g/mol. The maximum Gasteiger partial charge on any atom is 0.313 e. The van der Waals surface area contributed by atoms with Crippen LogP contribution in [0.4, 0.5) is 0 Å². The van der Waals surface area contributed by atoms with Gasteiger partial charge in [0.05, 0.1) is 13.2 Å². The summed E-state index contributed by atoms with van der Waals surface area (Å²) in [5.41, 5.74) is 0. The van der Waals surface area contributed by atoms with Crippen LogP contribution >= 0.6 is 0 Å². The highest BCUT2D eigenvalue weighted by molar-refractivity contribution is 5.95. The van der Waals surface area contributed by atoms with E-state index in [0.29, 0.717) is 26.1 Å². The number of carbonyl (C=O) groups excluding carboxylic acids is 2. The topological polar surface area (TPSA) is 52.6 Å². The zero-order valence-corrected chi connectivity index (χ0v) is 10.6. The third-order valence-corrected chi connectivity index (χ3v) is 2.26.